The third-order valence-corrected chi connectivity index (χ3v) is 8.01. The lowest BCUT2D eigenvalue weighted by Gasteiger charge is -2.38. The summed E-state index contributed by atoms with van der Waals surface area (Å²) in [5, 5.41) is 3.48. The predicted octanol–water partition coefficient (Wildman–Crippen LogP) is 5.57. The highest BCUT2D eigenvalue weighted by Crippen LogP contribution is 2.40. The van der Waals surface area contributed by atoms with Crippen molar-refractivity contribution in [3.8, 4) is 5.75 Å². The summed E-state index contributed by atoms with van der Waals surface area (Å²) in [6, 6.07) is 18.5. The average molecular weight is 513 g/mol. The summed E-state index contributed by atoms with van der Waals surface area (Å²) in [5.41, 5.74) is 2.85. The minimum absolute atomic E-state index is 0.0586. The molecule has 3 aromatic carbocycles. The molecule has 1 unspecified atom stereocenters. The van der Waals surface area contributed by atoms with Gasteiger partial charge in [-0.15, -0.1) is 0 Å². The molecule has 8 heteroatoms. The number of nitrogens with zero attached hydrogens (tertiary/aromatic N) is 1. The van der Waals surface area contributed by atoms with Gasteiger partial charge >= 0.3 is 0 Å². The number of carbonyl (C=O) groups excluding carboxylic acids is 1. The molecule has 1 amide bonds. The molecule has 184 valence electrons. The van der Waals surface area contributed by atoms with E-state index in [-0.39, 0.29) is 17.5 Å². The van der Waals surface area contributed by atoms with Crippen LogP contribution in [0.5, 0.6) is 5.75 Å². The summed E-state index contributed by atoms with van der Waals surface area (Å²) in [6.45, 7) is 7.48. The van der Waals surface area contributed by atoms with Crippen LogP contribution in [0.2, 0.25) is 5.02 Å². The zero-order chi connectivity index (χ0) is 25.4. The van der Waals surface area contributed by atoms with Crippen molar-refractivity contribution in [3.63, 3.8) is 0 Å². The van der Waals surface area contributed by atoms with Crippen molar-refractivity contribution in [2.45, 2.75) is 50.7 Å². The van der Waals surface area contributed by atoms with Crippen LogP contribution in [0.4, 0.5) is 5.69 Å². The van der Waals surface area contributed by atoms with Gasteiger partial charge < -0.3 is 10.1 Å². The van der Waals surface area contributed by atoms with Crippen molar-refractivity contribution >= 4 is 33.2 Å². The Kier molecular flexibility index (Phi) is 6.84. The third-order valence-electron chi connectivity index (χ3n) is 5.97. The van der Waals surface area contributed by atoms with Gasteiger partial charge in [0.15, 0.2) is 0 Å². The van der Waals surface area contributed by atoms with Gasteiger partial charge in [-0.3, -0.25) is 9.10 Å². The summed E-state index contributed by atoms with van der Waals surface area (Å²) in [4.78, 5) is 13.4. The molecule has 0 spiro atoms. The highest BCUT2D eigenvalue weighted by Gasteiger charge is 2.35. The van der Waals surface area contributed by atoms with E-state index in [9.17, 15) is 13.2 Å². The summed E-state index contributed by atoms with van der Waals surface area (Å²) >= 11 is 5.96. The second-order valence-corrected chi connectivity index (χ2v) is 11.8. The van der Waals surface area contributed by atoms with Crippen LogP contribution in [0.15, 0.2) is 71.6 Å². The molecule has 3 aromatic rings. The van der Waals surface area contributed by atoms with E-state index < -0.39 is 21.5 Å². The number of nitrogens with one attached hydrogen (secondary N) is 1. The number of halogens is 1. The van der Waals surface area contributed by atoms with E-state index in [1.807, 2.05) is 58.0 Å². The smallest absolute Gasteiger partial charge is 0.264 e. The van der Waals surface area contributed by atoms with Crippen molar-refractivity contribution in [2.75, 3.05) is 10.8 Å². The fraction of sp³-hybridized carbons (Fsp3) is 0.296. The number of amides is 1. The molecule has 0 bridgehead atoms. The van der Waals surface area contributed by atoms with Crippen LogP contribution in [-0.4, -0.2) is 26.5 Å². The highest BCUT2D eigenvalue weighted by atomic mass is 35.5. The first kappa shape index (κ1) is 25.1. The second-order valence-electron chi connectivity index (χ2n) is 9.53. The monoisotopic (exact) mass is 512 g/mol. The van der Waals surface area contributed by atoms with Crippen LogP contribution in [-0.2, 0) is 14.8 Å². The molecule has 0 fully saturated rings. The predicted molar refractivity (Wildman–Crippen MR) is 139 cm³/mol. The lowest BCUT2D eigenvalue weighted by molar-refractivity contribution is -0.120. The number of benzene rings is 3. The molecular weight excluding hydrogens is 484 g/mol. The lowest BCUT2D eigenvalue weighted by Crippen LogP contribution is -2.45. The Morgan fingerprint density at radius 1 is 1.03 bits per heavy atom. The van der Waals surface area contributed by atoms with E-state index in [1.54, 1.807) is 12.1 Å². The molecule has 1 aliphatic rings. The average Bonchev–Trinajstić information content (AvgIpc) is 2.77. The van der Waals surface area contributed by atoms with Crippen LogP contribution in [0.25, 0.3) is 0 Å². The van der Waals surface area contributed by atoms with Gasteiger partial charge in [0.05, 0.1) is 16.6 Å². The lowest BCUT2D eigenvalue weighted by atomic mass is 9.89. The molecule has 35 heavy (non-hydrogen) atoms. The first-order valence-electron chi connectivity index (χ1n) is 11.4. The van der Waals surface area contributed by atoms with Gasteiger partial charge in [0, 0.05) is 17.0 Å². The minimum Gasteiger partial charge on any atom is -0.487 e. The van der Waals surface area contributed by atoms with E-state index in [0.29, 0.717) is 17.1 Å². The molecular formula is C27H29ClN2O4S. The van der Waals surface area contributed by atoms with E-state index in [4.69, 9.17) is 16.3 Å². The Morgan fingerprint density at radius 2 is 1.66 bits per heavy atom. The SMILES string of the molecule is Cc1ccc(N(CC(=O)NC2CC(C)(C)Oc3cc(C)ccc32)S(=O)(=O)c2ccc(Cl)cc2)cc1. The Morgan fingerprint density at radius 3 is 2.31 bits per heavy atom. The highest BCUT2D eigenvalue weighted by molar-refractivity contribution is 7.92. The minimum atomic E-state index is -4.02. The first-order valence-corrected chi connectivity index (χ1v) is 13.2. The number of fused-ring (bicyclic) bond motifs is 1. The third kappa shape index (κ3) is 5.63. The second kappa shape index (κ2) is 9.55. The fourth-order valence-corrected chi connectivity index (χ4v) is 5.76. The van der Waals surface area contributed by atoms with E-state index >= 15 is 0 Å². The van der Waals surface area contributed by atoms with Crippen molar-refractivity contribution in [2.24, 2.45) is 0 Å². The number of ether oxygens (including phenoxy) is 1. The van der Waals surface area contributed by atoms with Crippen molar-refractivity contribution in [1.82, 2.24) is 5.32 Å². The maximum atomic E-state index is 13.6. The summed E-state index contributed by atoms with van der Waals surface area (Å²) in [6.07, 6.45) is 0.559. The standard InChI is InChI=1S/C27H29ClN2O4S/c1-18-5-10-21(11-6-18)30(35(32,33)22-12-8-20(28)9-13-22)17-26(31)29-24-16-27(3,4)34-25-15-19(2)7-14-23(24)25/h5-15,24H,16-17H2,1-4H3,(H,29,31). The fourth-order valence-electron chi connectivity index (χ4n) is 4.22. The summed E-state index contributed by atoms with van der Waals surface area (Å²) in [7, 11) is -4.02. The number of aryl methyl sites for hydroxylation is 2. The van der Waals surface area contributed by atoms with Crippen LogP contribution in [0, 0.1) is 13.8 Å². The normalized spacial score (nSPS) is 16.7. The molecule has 1 heterocycles. The quantitative estimate of drug-likeness (QED) is 0.468. The number of sulfonamides is 1. The Hall–Kier alpha value is -3.03. The van der Waals surface area contributed by atoms with Crippen LogP contribution in [0.1, 0.15) is 43.0 Å². The first-order chi connectivity index (χ1) is 16.4. The zero-order valence-corrected chi connectivity index (χ0v) is 21.8. The molecule has 0 saturated carbocycles. The zero-order valence-electron chi connectivity index (χ0n) is 20.2. The van der Waals surface area contributed by atoms with Crippen LogP contribution >= 0.6 is 11.6 Å². The number of hydrogen-bond donors (Lipinski definition) is 1. The topological polar surface area (TPSA) is 75.7 Å². The summed E-state index contributed by atoms with van der Waals surface area (Å²) in [5.74, 6) is 0.327. The Bertz CT molecular complexity index is 1340. The largest absolute Gasteiger partial charge is 0.487 e. The molecule has 0 aromatic heterocycles. The molecule has 1 aliphatic heterocycles. The van der Waals surface area contributed by atoms with Gasteiger partial charge in [-0.25, -0.2) is 8.42 Å². The molecule has 4 rings (SSSR count). The number of rotatable bonds is 6. The van der Waals surface area contributed by atoms with Gasteiger partial charge in [0.1, 0.15) is 17.9 Å². The van der Waals surface area contributed by atoms with E-state index in [2.05, 4.69) is 5.32 Å². The van der Waals surface area contributed by atoms with Gasteiger partial charge in [-0.05, 0) is 75.7 Å². The van der Waals surface area contributed by atoms with Crippen molar-refractivity contribution < 1.29 is 17.9 Å². The molecule has 0 aliphatic carbocycles. The van der Waals surface area contributed by atoms with E-state index in [0.717, 1.165) is 26.7 Å². The molecule has 6 nitrogen and oxygen atoms in total. The maximum Gasteiger partial charge on any atom is 0.264 e. The van der Waals surface area contributed by atoms with Crippen molar-refractivity contribution in [1.29, 1.82) is 0 Å². The van der Waals surface area contributed by atoms with Gasteiger partial charge in [0.2, 0.25) is 5.91 Å². The number of anilines is 1. The van der Waals surface area contributed by atoms with Crippen LogP contribution < -0.4 is 14.4 Å². The van der Waals surface area contributed by atoms with Crippen molar-refractivity contribution in [3.05, 3.63) is 88.4 Å². The van der Waals surface area contributed by atoms with Crippen LogP contribution in [0.3, 0.4) is 0 Å². The van der Waals surface area contributed by atoms with Gasteiger partial charge in [-0.1, -0.05) is 41.4 Å². The molecule has 0 saturated heterocycles. The van der Waals surface area contributed by atoms with E-state index in [1.165, 1.54) is 24.3 Å². The number of hydrogen-bond acceptors (Lipinski definition) is 4. The molecule has 1 atom stereocenters. The Labute approximate surface area is 211 Å². The van der Waals surface area contributed by atoms with Gasteiger partial charge in [-0.2, -0.15) is 0 Å². The Balaban J connectivity index is 1.64. The number of carbonyl (C=O) groups is 1. The maximum absolute atomic E-state index is 13.6. The summed E-state index contributed by atoms with van der Waals surface area (Å²) < 4.78 is 34.4. The molecule has 0 radical (unpaired) electrons. The molecule has 1 N–H and O–H groups in total. The van der Waals surface area contributed by atoms with Gasteiger partial charge in [0.25, 0.3) is 10.0 Å².